The SMILES string of the molecule is CC(=O)Nc1sc(S(=O)(=O)NI)cc1C(N)=O. The molecular weight excluding hydrogens is 381 g/mol. The van der Waals surface area contributed by atoms with Gasteiger partial charge in [0.25, 0.3) is 15.9 Å². The molecule has 1 aromatic heterocycles. The lowest BCUT2D eigenvalue weighted by molar-refractivity contribution is -0.114. The van der Waals surface area contributed by atoms with Crippen LogP contribution in [0.25, 0.3) is 0 Å². The molecule has 0 saturated heterocycles. The highest BCUT2D eigenvalue weighted by Crippen LogP contribution is 2.31. The Hall–Kier alpha value is -0.720. The van der Waals surface area contributed by atoms with Gasteiger partial charge < -0.3 is 11.1 Å². The molecule has 1 aromatic rings. The van der Waals surface area contributed by atoms with Gasteiger partial charge in [-0.1, -0.05) is 0 Å². The molecule has 0 spiro atoms. The quantitative estimate of drug-likeness (QED) is 0.511. The van der Waals surface area contributed by atoms with Crippen molar-refractivity contribution >= 4 is 61.0 Å². The number of sulfonamides is 1. The standard InChI is InChI=1S/C7H8IN3O4S2/c1-3(12)10-7-4(6(9)13)2-5(16-7)17(14,15)11-8/h2,11H,1H3,(H2,9,13)(H,10,12). The zero-order valence-corrected chi connectivity index (χ0v) is 12.3. The highest BCUT2D eigenvalue weighted by Gasteiger charge is 2.22. The average molecular weight is 389 g/mol. The zero-order chi connectivity index (χ0) is 13.2. The molecule has 1 heterocycles. The Balaban J connectivity index is 3.31. The number of hydrogen-bond donors (Lipinski definition) is 3. The van der Waals surface area contributed by atoms with Gasteiger partial charge in [-0.05, 0) is 6.07 Å². The zero-order valence-electron chi connectivity index (χ0n) is 8.48. The molecule has 0 fully saturated rings. The number of primary amides is 1. The smallest absolute Gasteiger partial charge is 0.258 e. The van der Waals surface area contributed by atoms with Crippen molar-refractivity contribution in [2.75, 3.05) is 5.32 Å². The fourth-order valence-electron chi connectivity index (χ4n) is 0.975. The van der Waals surface area contributed by atoms with Gasteiger partial charge >= 0.3 is 0 Å². The van der Waals surface area contributed by atoms with Gasteiger partial charge in [-0.3, -0.25) is 9.59 Å². The van der Waals surface area contributed by atoms with E-state index in [1.165, 1.54) is 29.8 Å². The maximum atomic E-state index is 11.5. The molecule has 2 amide bonds. The number of thiophene rings is 1. The van der Waals surface area contributed by atoms with Crippen molar-refractivity contribution in [3.8, 4) is 0 Å². The first kappa shape index (κ1) is 14.3. The maximum absolute atomic E-state index is 11.5. The molecule has 0 saturated carbocycles. The Morgan fingerprint density at radius 1 is 1.47 bits per heavy atom. The van der Waals surface area contributed by atoms with Gasteiger partial charge in [0.15, 0.2) is 0 Å². The van der Waals surface area contributed by atoms with Crippen LogP contribution < -0.4 is 14.0 Å². The van der Waals surface area contributed by atoms with Crippen LogP contribution in [0.15, 0.2) is 10.3 Å². The van der Waals surface area contributed by atoms with E-state index in [4.69, 9.17) is 5.73 Å². The number of hydrogen-bond acceptors (Lipinski definition) is 5. The van der Waals surface area contributed by atoms with E-state index in [9.17, 15) is 18.0 Å². The normalized spacial score (nSPS) is 11.2. The molecule has 10 heteroatoms. The van der Waals surface area contributed by atoms with Gasteiger partial charge in [-0.15, -0.1) is 11.3 Å². The number of nitrogens with one attached hydrogen (secondary N) is 2. The van der Waals surface area contributed by atoms with Crippen LogP contribution in [0.4, 0.5) is 5.00 Å². The minimum absolute atomic E-state index is 0.0320. The van der Waals surface area contributed by atoms with Crippen LogP contribution in [0.2, 0.25) is 0 Å². The fourth-order valence-corrected chi connectivity index (χ4v) is 4.14. The Labute approximate surface area is 115 Å². The number of anilines is 1. The van der Waals surface area contributed by atoms with Crippen molar-refractivity contribution in [1.82, 2.24) is 2.94 Å². The molecular formula is C7H8IN3O4S2. The lowest BCUT2D eigenvalue weighted by Gasteiger charge is -1.99. The van der Waals surface area contributed by atoms with Crippen LogP contribution in [0.5, 0.6) is 0 Å². The lowest BCUT2D eigenvalue weighted by atomic mass is 10.3. The third kappa shape index (κ3) is 3.37. The molecule has 0 aliphatic rings. The van der Waals surface area contributed by atoms with Crippen LogP contribution in [0.1, 0.15) is 17.3 Å². The van der Waals surface area contributed by atoms with Gasteiger partial charge in [-0.25, -0.2) is 8.42 Å². The second-order valence-electron chi connectivity index (χ2n) is 2.93. The minimum atomic E-state index is -3.67. The summed E-state index contributed by atoms with van der Waals surface area (Å²) in [7, 11) is -3.67. The monoisotopic (exact) mass is 389 g/mol. The summed E-state index contributed by atoms with van der Waals surface area (Å²) in [5.41, 5.74) is 5.06. The summed E-state index contributed by atoms with van der Waals surface area (Å²) >= 11 is 2.22. The molecule has 0 atom stereocenters. The third-order valence-electron chi connectivity index (χ3n) is 1.63. The van der Waals surface area contributed by atoms with E-state index in [-0.39, 0.29) is 14.8 Å². The van der Waals surface area contributed by atoms with Crippen LogP contribution in [0, 0.1) is 0 Å². The van der Waals surface area contributed by atoms with Crippen molar-refractivity contribution in [1.29, 1.82) is 0 Å². The topological polar surface area (TPSA) is 118 Å². The first-order valence-electron chi connectivity index (χ1n) is 4.11. The summed E-state index contributed by atoms with van der Waals surface area (Å²) < 4.78 is 25.0. The molecule has 0 aromatic carbocycles. The summed E-state index contributed by atoms with van der Waals surface area (Å²) in [6.45, 7) is 1.25. The largest absolute Gasteiger partial charge is 0.366 e. The Bertz CT molecular complexity index is 566. The summed E-state index contributed by atoms with van der Waals surface area (Å²) in [4.78, 5) is 22.0. The van der Waals surface area contributed by atoms with E-state index in [0.29, 0.717) is 0 Å². The summed E-state index contributed by atoms with van der Waals surface area (Å²) in [6.07, 6.45) is 0. The Morgan fingerprint density at radius 3 is 2.47 bits per heavy atom. The predicted octanol–water partition coefficient (Wildman–Crippen LogP) is 0.434. The van der Waals surface area contributed by atoms with Gasteiger partial charge in [0.2, 0.25) is 5.91 Å². The first-order valence-corrected chi connectivity index (χ1v) is 7.49. The molecule has 0 unspecified atom stereocenters. The van der Waals surface area contributed by atoms with Crippen LogP contribution in [-0.2, 0) is 14.8 Å². The number of amides is 2. The summed E-state index contributed by atoms with van der Waals surface area (Å²) in [6, 6.07) is 1.12. The molecule has 0 bridgehead atoms. The molecule has 7 nitrogen and oxygen atoms in total. The van der Waals surface area contributed by atoms with Gasteiger partial charge in [-0.2, -0.15) is 2.94 Å². The molecule has 4 N–H and O–H groups in total. The van der Waals surface area contributed by atoms with Crippen LogP contribution >= 0.6 is 34.2 Å². The molecule has 0 aliphatic carbocycles. The highest BCUT2D eigenvalue weighted by atomic mass is 127. The van der Waals surface area contributed by atoms with Gasteiger partial charge in [0.1, 0.15) is 9.21 Å². The van der Waals surface area contributed by atoms with Gasteiger partial charge in [0, 0.05) is 29.8 Å². The van der Waals surface area contributed by atoms with Gasteiger partial charge in [0.05, 0.1) is 5.56 Å². The molecule has 1 rings (SSSR count). The molecule has 94 valence electrons. The minimum Gasteiger partial charge on any atom is -0.366 e. The van der Waals surface area contributed by atoms with Crippen molar-refractivity contribution < 1.29 is 18.0 Å². The van der Waals surface area contributed by atoms with Crippen molar-refractivity contribution in [2.24, 2.45) is 5.73 Å². The molecule has 0 radical (unpaired) electrons. The van der Waals surface area contributed by atoms with Crippen molar-refractivity contribution in [3.05, 3.63) is 11.6 Å². The number of halogens is 1. The fraction of sp³-hybridized carbons (Fsp3) is 0.143. The maximum Gasteiger partial charge on any atom is 0.258 e. The van der Waals surface area contributed by atoms with E-state index < -0.39 is 21.8 Å². The number of rotatable bonds is 4. The van der Waals surface area contributed by atoms with Crippen molar-refractivity contribution in [2.45, 2.75) is 11.1 Å². The number of nitrogens with two attached hydrogens (primary N) is 1. The Kier molecular flexibility index (Phi) is 4.46. The van der Waals surface area contributed by atoms with Crippen LogP contribution in [0.3, 0.4) is 0 Å². The Morgan fingerprint density at radius 2 is 2.06 bits per heavy atom. The van der Waals surface area contributed by atoms with E-state index in [1.807, 2.05) is 0 Å². The number of carbonyl (C=O) groups is 2. The third-order valence-corrected chi connectivity index (χ3v) is 5.97. The van der Waals surface area contributed by atoms with E-state index in [2.05, 4.69) is 8.25 Å². The first-order chi connectivity index (χ1) is 7.77. The number of carbonyl (C=O) groups excluding carboxylic acids is 2. The predicted molar refractivity (Wildman–Crippen MR) is 71.5 cm³/mol. The molecule has 17 heavy (non-hydrogen) atoms. The summed E-state index contributed by atoms with van der Waals surface area (Å²) in [5.74, 6) is -1.22. The molecule has 0 aliphatic heterocycles. The highest BCUT2D eigenvalue weighted by molar-refractivity contribution is 14.1. The van der Waals surface area contributed by atoms with E-state index >= 15 is 0 Å². The second kappa shape index (κ2) is 5.29. The van der Waals surface area contributed by atoms with E-state index in [1.54, 1.807) is 0 Å². The van der Waals surface area contributed by atoms with Crippen molar-refractivity contribution in [3.63, 3.8) is 0 Å². The van der Waals surface area contributed by atoms with Crippen LogP contribution in [-0.4, -0.2) is 20.2 Å². The average Bonchev–Trinajstić information content (AvgIpc) is 2.61. The van der Waals surface area contributed by atoms with E-state index in [0.717, 1.165) is 17.4 Å². The lowest BCUT2D eigenvalue weighted by Crippen LogP contribution is -2.14. The second-order valence-corrected chi connectivity index (χ2v) is 7.17. The summed E-state index contributed by atoms with van der Waals surface area (Å²) in [5, 5.41) is 2.48.